The van der Waals surface area contributed by atoms with Crippen molar-refractivity contribution in [3.05, 3.63) is 30.6 Å². The monoisotopic (exact) mass is 204 g/mol. The maximum atomic E-state index is 5.75. The Morgan fingerprint density at radius 1 is 1.27 bits per heavy atom. The zero-order chi connectivity index (χ0) is 10.8. The van der Waals surface area contributed by atoms with Gasteiger partial charge in [0.05, 0.1) is 7.11 Å². The number of nitrogen functional groups attached to an aromatic ring is 2. The number of anilines is 1. The normalized spacial score (nSPS) is 10.2. The first-order chi connectivity index (χ1) is 7.22. The first kappa shape index (κ1) is 9.39. The maximum absolute atomic E-state index is 5.75. The first-order valence-corrected chi connectivity index (χ1v) is 4.44. The molecule has 0 aliphatic carbocycles. The van der Waals surface area contributed by atoms with Crippen LogP contribution in [-0.2, 0) is 0 Å². The molecule has 78 valence electrons. The number of benzene rings is 1. The van der Waals surface area contributed by atoms with Gasteiger partial charge in [0.15, 0.2) is 0 Å². The SMILES string of the molecule is COc1ccc(-c2ncn(N)c2N)cc1. The molecule has 0 atom stereocenters. The van der Waals surface area contributed by atoms with Crippen LogP contribution in [0.3, 0.4) is 0 Å². The number of methoxy groups -OCH3 is 1. The fraction of sp³-hybridized carbons (Fsp3) is 0.100. The van der Waals surface area contributed by atoms with E-state index in [0.717, 1.165) is 11.3 Å². The highest BCUT2D eigenvalue weighted by Crippen LogP contribution is 2.24. The number of ether oxygens (including phenoxy) is 1. The van der Waals surface area contributed by atoms with Crippen LogP contribution in [0.15, 0.2) is 30.6 Å². The molecule has 0 saturated heterocycles. The highest BCUT2D eigenvalue weighted by molar-refractivity contribution is 5.70. The van der Waals surface area contributed by atoms with Crippen molar-refractivity contribution in [2.75, 3.05) is 18.7 Å². The van der Waals surface area contributed by atoms with E-state index in [-0.39, 0.29) is 0 Å². The van der Waals surface area contributed by atoms with Gasteiger partial charge in [-0.2, -0.15) is 0 Å². The Balaban J connectivity index is 2.41. The van der Waals surface area contributed by atoms with E-state index in [1.54, 1.807) is 7.11 Å². The van der Waals surface area contributed by atoms with Crippen molar-refractivity contribution >= 4 is 5.82 Å². The largest absolute Gasteiger partial charge is 0.497 e. The number of aromatic nitrogens is 2. The number of hydrogen-bond acceptors (Lipinski definition) is 4. The van der Waals surface area contributed by atoms with Crippen LogP contribution in [0.1, 0.15) is 0 Å². The molecule has 5 nitrogen and oxygen atoms in total. The average molecular weight is 204 g/mol. The van der Waals surface area contributed by atoms with E-state index in [4.69, 9.17) is 16.3 Å². The number of nitrogens with two attached hydrogens (primary N) is 2. The van der Waals surface area contributed by atoms with Crippen LogP contribution in [0.4, 0.5) is 5.82 Å². The maximum Gasteiger partial charge on any atom is 0.150 e. The zero-order valence-electron chi connectivity index (χ0n) is 8.34. The lowest BCUT2D eigenvalue weighted by Gasteiger charge is -2.02. The van der Waals surface area contributed by atoms with E-state index in [0.29, 0.717) is 11.5 Å². The molecule has 15 heavy (non-hydrogen) atoms. The van der Waals surface area contributed by atoms with Gasteiger partial charge in [-0.1, -0.05) is 0 Å². The van der Waals surface area contributed by atoms with Gasteiger partial charge in [-0.25, -0.2) is 9.66 Å². The summed E-state index contributed by atoms with van der Waals surface area (Å²) in [5, 5.41) is 0. The summed E-state index contributed by atoms with van der Waals surface area (Å²) in [6.07, 6.45) is 1.48. The van der Waals surface area contributed by atoms with Gasteiger partial charge in [0.1, 0.15) is 23.6 Å². The number of rotatable bonds is 2. The highest BCUT2D eigenvalue weighted by Gasteiger charge is 2.07. The molecule has 2 rings (SSSR count). The summed E-state index contributed by atoms with van der Waals surface area (Å²) in [5.41, 5.74) is 7.34. The van der Waals surface area contributed by atoms with Gasteiger partial charge in [0, 0.05) is 5.56 Å². The Morgan fingerprint density at radius 2 is 1.93 bits per heavy atom. The molecule has 0 spiro atoms. The molecule has 2 aromatic rings. The number of hydrogen-bond donors (Lipinski definition) is 2. The van der Waals surface area contributed by atoms with Crippen molar-refractivity contribution in [3.8, 4) is 17.0 Å². The van der Waals surface area contributed by atoms with Gasteiger partial charge < -0.3 is 16.3 Å². The third kappa shape index (κ3) is 1.59. The van der Waals surface area contributed by atoms with Crippen LogP contribution < -0.4 is 16.3 Å². The van der Waals surface area contributed by atoms with Crippen LogP contribution in [0.5, 0.6) is 5.75 Å². The second kappa shape index (κ2) is 3.53. The fourth-order valence-electron chi connectivity index (χ4n) is 1.34. The first-order valence-electron chi connectivity index (χ1n) is 4.44. The topological polar surface area (TPSA) is 79.1 Å². The summed E-state index contributed by atoms with van der Waals surface area (Å²) in [5.74, 6) is 6.78. The smallest absolute Gasteiger partial charge is 0.150 e. The van der Waals surface area contributed by atoms with E-state index in [1.807, 2.05) is 24.3 Å². The van der Waals surface area contributed by atoms with Crippen molar-refractivity contribution in [3.63, 3.8) is 0 Å². The van der Waals surface area contributed by atoms with Crippen molar-refractivity contribution in [1.29, 1.82) is 0 Å². The molecular formula is C10H12N4O. The average Bonchev–Trinajstić information content (AvgIpc) is 2.60. The van der Waals surface area contributed by atoms with E-state index in [2.05, 4.69) is 4.98 Å². The second-order valence-corrected chi connectivity index (χ2v) is 3.11. The molecule has 1 aromatic carbocycles. The van der Waals surface area contributed by atoms with Crippen LogP contribution >= 0.6 is 0 Å². The van der Waals surface area contributed by atoms with E-state index < -0.39 is 0 Å². The number of nitrogens with zero attached hydrogens (tertiary/aromatic N) is 2. The summed E-state index contributed by atoms with van der Waals surface area (Å²) in [6, 6.07) is 7.48. The Labute approximate surface area is 87.3 Å². The van der Waals surface area contributed by atoms with Crippen LogP contribution in [-0.4, -0.2) is 16.8 Å². The summed E-state index contributed by atoms with van der Waals surface area (Å²) in [6.45, 7) is 0. The summed E-state index contributed by atoms with van der Waals surface area (Å²) in [7, 11) is 1.62. The molecule has 0 amide bonds. The molecular weight excluding hydrogens is 192 g/mol. The molecule has 0 aliphatic heterocycles. The molecule has 4 N–H and O–H groups in total. The molecule has 5 heteroatoms. The van der Waals surface area contributed by atoms with Gasteiger partial charge in [0.2, 0.25) is 0 Å². The van der Waals surface area contributed by atoms with Gasteiger partial charge in [-0.3, -0.25) is 0 Å². The minimum Gasteiger partial charge on any atom is -0.497 e. The summed E-state index contributed by atoms with van der Waals surface area (Å²) in [4.78, 5) is 4.11. The predicted octanol–water partition coefficient (Wildman–Crippen LogP) is 0.855. The third-order valence-electron chi connectivity index (χ3n) is 2.20. The Kier molecular flexibility index (Phi) is 2.21. The lowest BCUT2D eigenvalue weighted by atomic mass is 10.1. The van der Waals surface area contributed by atoms with Crippen LogP contribution in [0, 0.1) is 0 Å². The van der Waals surface area contributed by atoms with E-state index >= 15 is 0 Å². The number of imidazole rings is 1. The molecule has 0 saturated carbocycles. The van der Waals surface area contributed by atoms with Gasteiger partial charge in [0.25, 0.3) is 0 Å². The quantitative estimate of drug-likeness (QED) is 0.711. The zero-order valence-corrected chi connectivity index (χ0v) is 8.34. The van der Waals surface area contributed by atoms with Crippen molar-refractivity contribution < 1.29 is 4.74 Å². The Hall–Kier alpha value is -2.17. The molecule has 0 unspecified atom stereocenters. The molecule has 0 fully saturated rings. The van der Waals surface area contributed by atoms with Crippen molar-refractivity contribution in [1.82, 2.24) is 9.66 Å². The molecule has 0 radical (unpaired) electrons. The van der Waals surface area contributed by atoms with E-state index in [1.165, 1.54) is 11.0 Å². The Bertz CT molecular complexity index is 461. The van der Waals surface area contributed by atoms with Crippen molar-refractivity contribution in [2.45, 2.75) is 0 Å². The standard InChI is InChI=1S/C10H12N4O/c1-15-8-4-2-7(3-5-8)9-10(11)14(12)6-13-9/h2-6H,11-12H2,1H3. The van der Waals surface area contributed by atoms with E-state index in [9.17, 15) is 0 Å². The van der Waals surface area contributed by atoms with Gasteiger partial charge >= 0.3 is 0 Å². The van der Waals surface area contributed by atoms with Crippen LogP contribution in [0.2, 0.25) is 0 Å². The fourth-order valence-corrected chi connectivity index (χ4v) is 1.34. The minimum atomic E-state index is 0.445. The highest BCUT2D eigenvalue weighted by atomic mass is 16.5. The Morgan fingerprint density at radius 3 is 2.40 bits per heavy atom. The molecule has 0 aliphatic rings. The van der Waals surface area contributed by atoms with Crippen LogP contribution in [0.25, 0.3) is 11.3 Å². The second-order valence-electron chi connectivity index (χ2n) is 3.11. The summed E-state index contributed by atoms with van der Waals surface area (Å²) < 4.78 is 6.35. The minimum absolute atomic E-state index is 0.445. The van der Waals surface area contributed by atoms with Crippen molar-refractivity contribution in [2.24, 2.45) is 0 Å². The summed E-state index contributed by atoms with van der Waals surface area (Å²) >= 11 is 0. The molecule has 1 heterocycles. The molecule has 0 bridgehead atoms. The third-order valence-corrected chi connectivity index (χ3v) is 2.20. The predicted molar refractivity (Wildman–Crippen MR) is 58.8 cm³/mol. The van der Waals surface area contributed by atoms with Gasteiger partial charge in [-0.05, 0) is 24.3 Å². The lowest BCUT2D eigenvalue weighted by molar-refractivity contribution is 0.415. The molecule has 1 aromatic heterocycles. The van der Waals surface area contributed by atoms with Gasteiger partial charge in [-0.15, -0.1) is 0 Å². The lowest BCUT2D eigenvalue weighted by Crippen LogP contribution is -2.09.